The first-order valence-electron chi connectivity index (χ1n) is 5.40. The van der Waals surface area contributed by atoms with Crippen LogP contribution in [0.25, 0.3) is 16.9 Å². The van der Waals surface area contributed by atoms with E-state index >= 15 is 0 Å². The molecule has 0 aliphatic carbocycles. The van der Waals surface area contributed by atoms with Crippen molar-refractivity contribution in [2.45, 2.75) is 0 Å². The monoisotopic (exact) mass is 243 g/mol. The van der Waals surface area contributed by atoms with Gasteiger partial charge in [-0.25, -0.2) is 9.37 Å². The minimum atomic E-state index is -0.339. The van der Waals surface area contributed by atoms with Gasteiger partial charge in [0.1, 0.15) is 11.6 Å². The summed E-state index contributed by atoms with van der Waals surface area (Å²) in [7, 11) is 1.51. The van der Waals surface area contributed by atoms with E-state index in [4.69, 9.17) is 4.74 Å². The van der Waals surface area contributed by atoms with Crippen LogP contribution in [0.4, 0.5) is 4.39 Å². The first-order chi connectivity index (χ1) is 8.78. The summed E-state index contributed by atoms with van der Waals surface area (Å²) < 4.78 is 20.4. The summed E-state index contributed by atoms with van der Waals surface area (Å²) in [6.45, 7) is 0. The van der Waals surface area contributed by atoms with Crippen LogP contribution in [0.5, 0.6) is 5.75 Å². The van der Waals surface area contributed by atoms with Gasteiger partial charge in [0.2, 0.25) is 0 Å². The average Bonchev–Trinajstić information content (AvgIpc) is 2.81. The molecule has 0 saturated carbocycles. The smallest absolute Gasteiger partial charge is 0.155 e. The number of fused-ring (bicyclic) bond motifs is 1. The molecule has 0 radical (unpaired) electrons. The summed E-state index contributed by atoms with van der Waals surface area (Å²) in [5, 5.41) is 0. The largest absolute Gasteiger partial charge is 0.497 e. The molecule has 0 atom stereocenters. The lowest BCUT2D eigenvalue weighted by Crippen LogP contribution is -1.91. The molecule has 0 aliphatic heterocycles. The van der Waals surface area contributed by atoms with Crippen molar-refractivity contribution in [2.24, 2.45) is 0 Å². The predicted molar refractivity (Wildman–Crippen MR) is 64.9 cm³/mol. The second-order valence-electron chi connectivity index (χ2n) is 3.83. The lowest BCUT2D eigenvalue weighted by atomic mass is 10.1. The van der Waals surface area contributed by atoms with Crippen LogP contribution >= 0.6 is 0 Å². The van der Waals surface area contributed by atoms with E-state index in [9.17, 15) is 4.39 Å². The van der Waals surface area contributed by atoms with E-state index in [0.29, 0.717) is 11.3 Å². The van der Waals surface area contributed by atoms with Crippen molar-refractivity contribution in [3.63, 3.8) is 0 Å². The van der Waals surface area contributed by atoms with Gasteiger partial charge in [-0.3, -0.25) is 9.38 Å². The standard InChI is InChI=1S/C13H10FN3O/c1-18-11-5-9(4-10(14)6-11)12-7-16-13-8-15-2-3-17(12)13/h2-8H,1H3. The number of aromatic nitrogens is 3. The molecule has 3 aromatic rings. The molecule has 1 aromatic carbocycles. The van der Waals surface area contributed by atoms with Crippen LogP contribution in [0.3, 0.4) is 0 Å². The molecule has 4 nitrogen and oxygen atoms in total. The van der Waals surface area contributed by atoms with E-state index in [2.05, 4.69) is 9.97 Å². The number of benzene rings is 1. The highest BCUT2D eigenvalue weighted by atomic mass is 19.1. The van der Waals surface area contributed by atoms with Crippen molar-refractivity contribution in [1.82, 2.24) is 14.4 Å². The fourth-order valence-electron chi connectivity index (χ4n) is 1.88. The van der Waals surface area contributed by atoms with Crippen LogP contribution in [0.15, 0.2) is 43.0 Å². The maximum absolute atomic E-state index is 13.5. The molecular formula is C13H10FN3O. The van der Waals surface area contributed by atoms with Gasteiger partial charge in [-0.05, 0) is 12.1 Å². The van der Waals surface area contributed by atoms with E-state index < -0.39 is 0 Å². The topological polar surface area (TPSA) is 39.4 Å². The highest BCUT2D eigenvalue weighted by Gasteiger charge is 2.08. The number of ether oxygens (including phenoxy) is 1. The molecule has 0 unspecified atom stereocenters. The number of imidazole rings is 1. The molecule has 0 N–H and O–H groups in total. The van der Waals surface area contributed by atoms with Crippen LogP contribution in [0.2, 0.25) is 0 Å². The highest BCUT2D eigenvalue weighted by Crippen LogP contribution is 2.25. The number of hydrogen-bond acceptors (Lipinski definition) is 3. The Morgan fingerprint density at radius 1 is 1.22 bits per heavy atom. The van der Waals surface area contributed by atoms with E-state index in [1.54, 1.807) is 30.9 Å². The quantitative estimate of drug-likeness (QED) is 0.694. The van der Waals surface area contributed by atoms with E-state index in [0.717, 1.165) is 11.3 Å². The maximum Gasteiger partial charge on any atom is 0.155 e. The summed E-state index contributed by atoms with van der Waals surface area (Å²) in [4.78, 5) is 8.21. The molecule has 2 aromatic heterocycles. The first-order valence-corrected chi connectivity index (χ1v) is 5.40. The fraction of sp³-hybridized carbons (Fsp3) is 0.0769. The van der Waals surface area contributed by atoms with E-state index in [1.807, 2.05) is 4.40 Å². The Kier molecular flexibility index (Phi) is 2.44. The van der Waals surface area contributed by atoms with Gasteiger partial charge < -0.3 is 4.74 Å². The Hall–Kier alpha value is -2.43. The zero-order valence-corrected chi connectivity index (χ0v) is 9.67. The van der Waals surface area contributed by atoms with Crippen LogP contribution in [-0.4, -0.2) is 21.5 Å². The van der Waals surface area contributed by atoms with Crippen molar-refractivity contribution in [2.75, 3.05) is 7.11 Å². The Morgan fingerprint density at radius 2 is 2.11 bits per heavy atom. The second kappa shape index (κ2) is 4.10. The van der Waals surface area contributed by atoms with Gasteiger partial charge in [0.15, 0.2) is 5.65 Å². The second-order valence-corrected chi connectivity index (χ2v) is 3.83. The first kappa shape index (κ1) is 10.7. The van der Waals surface area contributed by atoms with Crippen LogP contribution in [0, 0.1) is 5.82 Å². The minimum absolute atomic E-state index is 0.339. The molecule has 0 spiro atoms. The molecule has 0 fully saturated rings. The number of nitrogens with zero attached hydrogens (tertiary/aromatic N) is 3. The fourth-order valence-corrected chi connectivity index (χ4v) is 1.88. The predicted octanol–water partition coefficient (Wildman–Crippen LogP) is 2.54. The summed E-state index contributed by atoms with van der Waals surface area (Å²) in [6, 6.07) is 4.56. The van der Waals surface area contributed by atoms with Crippen LogP contribution in [-0.2, 0) is 0 Å². The highest BCUT2D eigenvalue weighted by molar-refractivity contribution is 5.64. The van der Waals surface area contributed by atoms with Crippen molar-refractivity contribution >= 4 is 5.65 Å². The summed E-state index contributed by atoms with van der Waals surface area (Å²) in [6.07, 6.45) is 6.79. The third-order valence-electron chi connectivity index (χ3n) is 2.72. The Balaban J connectivity index is 2.22. The van der Waals surface area contributed by atoms with E-state index in [1.165, 1.54) is 19.2 Å². The molecule has 5 heteroatoms. The number of halogens is 1. The third-order valence-corrected chi connectivity index (χ3v) is 2.72. The molecule has 0 amide bonds. The lowest BCUT2D eigenvalue weighted by molar-refractivity contribution is 0.411. The molecule has 2 heterocycles. The molecular weight excluding hydrogens is 233 g/mol. The molecule has 0 aliphatic rings. The Morgan fingerprint density at radius 3 is 2.94 bits per heavy atom. The van der Waals surface area contributed by atoms with Crippen LogP contribution in [0.1, 0.15) is 0 Å². The number of rotatable bonds is 2. The number of methoxy groups -OCH3 is 1. The van der Waals surface area contributed by atoms with Crippen molar-refractivity contribution in [3.8, 4) is 17.0 Å². The summed E-state index contributed by atoms with van der Waals surface area (Å²) in [5.74, 6) is 0.141. The van der Waals surface area contributed by atoms with Gasteiger partial charge >= 0.3 is 0 Å². The normalized spacial score (nSPS) is 10.8. The third kappa shape index (κ3) is 1.69. The van der Waals surface area contributed by atoms with Crippen LogP contribution < -0.4 is 4.74 Å². The zero-order chi connectivity index (χ0) is 12.5. The van der Waals surface area contributed by atoms with Gasteiger partial charge in [-0.15, -0.1) is 0 Å². The zero-order valence-electron chi connectivity index (χ0n) is 9.67. The van der Waals surface area contributed by atoms with Gasteiger partial charge in [0, 0.05) is 24.0 Å². The SMILES string of the molecule is COc1cc(F)cc(-c2cnc3cnccn23)c1. The number of hydrogen-bond donors (Lipinski definition) is 0. The average molecular weight is 243 g/mol. The van der Waals surface area contributed by atoms with Gasteiger partial charge in [-0.1, -0.05) is 0 Å². The van der Waals surface area contributed by atoms with E-state index in [-0.39, 0.29) is 5.82 Å². The molecule has 0 bridgehead atoms. The summed E-state index contributed by atoms with van der Waals surface area (Å²) >= 11 is 0. The van der Waals surface area contributed by atoms with Crippen molar-refractivity contribution in [1.29, 1.82) is 0 Å². The van der Waals surface area contributed by atoms with Crippen molar-refractivity contribution in [3.05, 3.63) is 48.8 Å². The van der Waals surface area contributed by atoms with Gasteiger partial charge in [0.25, 0.3) is 0 Å². The Labute approximate surface area is 103 Å². The summed E-state index contributed by atoms with van der Waals surface area (Å²) in [5.41, 5.74) is 2.23. The lowest BCUT2D eigenvalue weighted by Gasteiger charge is -2.05. The Bertz CT molecular complexity index is 708. The van der Waals surface area contributed by atoms with Gasteiger partial charge in [-0.2, -0.15) is 0 Å². The van der Waals surface area contributed by atoms with Gasteiger partial charge in [0.05, 0.1) is 25.2 Å². The molecule has 90 valence electrons. The maximum atomic E-state index is 13.5. The molecule has 0 saturated heterocycles. The minimum Gasteiger partial charge on any atom is -0.497 e. The molecule has 18 heavy (non-hydrogen) atoms. The van der Waals surface area contributed by atoms with Crippen molar-refractivity contribution < 1.29 is 9.13 Å². The molecule has 3 rings (SSSR count).